The Bertz CT molecular complexity index is 176. The number of carbonyl (C=O) groups is 1. The van der Waals surface area contributed by atoms with Gasteiger partial charge in [0, 0.05) is 19.0 Å². The quantitative estimate of drug-likeness (QED) is 0.678. The molecule has 0 bridgehead atoms. The van der Waals surface area contributed by atoms with Crippen molar-refractivity contribution in [3.8, 4) is 0 Å². The Balaban J connectivity index is 2.21. The van der Waals surface area contributed by atoms with Crippen molar-refractivity contribution < 1.29 is 4.79 Å². The fourth-order valence-corrected chi connectivity index (χ4v) is 1.97. The van der Waals surface area contributed by atoms with Crippen LogP contribution in [0.3, 0.4) is 0 Å². The van der Waals surface area contributed by atoms with Gasteiger partial charge in [-0.1, -0.05) is 13.3 Å². The molecule has 0 aliphatic carbocycles. The molecule has 0 aromatic heterocycles. The maximum absolute atomic E-state index is 11.8. The summed E-state index contributed by atoms with van der Waals surface area (Å²) in [4.78, 5) is 13.8. The molecule has 0 aromatic carbocycles. The van der Waals surface area contributed by atoms with E-state index in [1.807, 2.05) is 11.8 Å². The molecule has 0 aromatic rings. The third-order valence-corrected chi connectivity index (χ3v) is 2.93. The Morgan fingerprint density at radius 2 is 2.00 bits per heavy atom. The lowest BCUT2D eigenvalue weighted by molar-refractivity contribution is -0.134. The molecule has 1 heterocycles. The first-order chi connectivity index (χ1) is 6.75. The van der Waals surface area contributed by atoms with Crippen LogP contribution in [0, 0.1) is 5.92 Å². The highest BCUT2D eigenvalue weighted by molar-refractivity contribution is 5.78. The van der Waals surface area contributed by atoms with E-state index in [-0.39, 0.29) is 5.92 Å². The zero-order valence-electron chi connectivity index (χ0n) is 9.17. The van der Waals surface area contributed by atoms with Crippen LogP contribution in [0.1, 0.15) is 39.0 Å². The Morgan fingerprint density at radius 1 is 1.36 bits per heavy atom. The first kappa shape index (κ1) is 11.5. The van der Waals surface area contributed by atoms with E-state index in [1.54, 1.807) is 0 Å². The van der Waals surface area contributed by atoms with E-state index < -0.39 is 0 Å². The van der Waals surface area contributed by atoms with Gasteiger partial charge in [-0.05, 0) is 32.2 Å². The number of hydrogen-bond acceptors (Lipinski definition) is 2. The predicted molar refractivity (Wildman–Crippen MR) is 57.9 cm³/mol. The summed E-state index contributed by atoms with van der Waals surface area (Å²) in [6.45, 7) is 4.72. The minimum absolute atomic E-state index is 0.194. The number of unbranched alkanes of at least 4 members (excludes halogenated alkanes) is 1. The fraction of sp³-hybridized carbons (Fsp3) is 0.909. The summed E-state index contributed by atoms with van der Waals surface area (Å²) in [5, 5.41) is 0. The second kappa shape index (κ2) is 6.02. The van der Waals surface area contributed by atoms with E-state index in [4.69, 9.17) is 5.73 Å². The molecule has 14 heavy (non-hydrogen) atoms. The normalized spacial score (nSPS) is 18.6. The van der Waals surface area contributed by atoms with E-state index in [1.165, 1.54) is 12.8 Å². The first-order valence-corrected chi connectivity index (χ1v) is 5.74. The summed E-state index contributed by atoms with van der Waals surface area (Å²) in [5.74, 6) is 0.541. The fourth-order valence-electron chi connectivity index (χ4n) is 1.97. The van der Waals surface area contributed by atoms with E-state index in [0.29, 0.717) is 5.91 Å². The first-order valence-electron chi connectivity index (χ1n) is 5.74. The monoisotopic (exact) mass is 198 g/mol. The molecule has 82 valence electrons. The zero-order valence-corrected chi connectivity index (χ0v) is 9.17. The van der Waals surface area contributed by atoms with Crippen LogP contribution in [-0.2, 0) is 4.79 Å². The minimum Gasteiger partial charge on any atom is -0.342 e. The van der Waals surface area contributed by atoms with Crippen molar-refractivity contribution in [2.75, 3.05) is 19.6 Å². The molecule has 1 aliphatic rings. The van der Waals surface area contributed by atoms with Gasteiger partial charge in [-0.2, -0.15) is 0 Å². The average molecular weight is 198 g/mol. The lowest BCUT2D eigenvalue weighted by atomic mass is 10.0. The molecule has 1 fully saturated rings. The van der Waals surface area contributed by atoms with Crippen LogP contribution >= 0.6 is 0 Å². The standard InChI is InChI=1S/C11H22N2O/c1-10(6-2-3-7-12)11(14)13-8-4-5-9-13/h10H,2-9,12H2,1H3/t10-/m0/s1. The highest BCUT2D eigenvalue weighted by Crippen LogP contribution is 2.15. The minimum atomic E-state index is 0.194. The largest absolute Gasteiger partial charge is 0.342 e. The van der Waals surface area contributed by atoms with Gasteiger partial charge in [0.15, 0.2) is 0 Å². The van der Waals surface area contributed by atoms with Gasteiger partial charge in [0.25, 0.3) is 0 Å². The number of rotatable bonds is 5. The molecule has 1 atom stereocenters. The van der Waals surface area contributed by atoms with Crippen molar-refractivity contribution in [2.45, 2.75) is 39.0 Å². The Morgan fingerprint density at radius 3 is 2.57 bits per heavy atom. The van der Waals surface area contributed by atoms with Crippen molar-refractivity contribution in [1.82, 2.24) is 4.90 Å². The van der Waals surface area contributed by atoms with Gasteiger partial charge in [0.1, 0.15) is 0 Å². The van der Waals surface area contributed by atoms with Crippen LogP contribution in [-0.4, -0.2) is 30.4 Å². The van der Waals surface area contributed by atoms with Crippen molar-refractivity contribution in [3.63, 3.8) is 0 Å². The highest BCUT2D eigenvalue weighted by Gasteiger charge is 2.22. The molecule has 0 saturated carbocycles. The van der Waals surface area contributed by atoms with Gasteiger partial charge >= 0.3 is 0 Å². The van der Waals surface area contributed by atoms with Gasteiger partial charge < -0.3 is 10.6 Å². The van der Waals surface area contributed by atoms with Gasteiger partial charge in [-0.25, -0.2) is 0 Å². The maximum atomic E-state index is 11.8. The lowest BCUT2D eigenvalue weighted by Crippen LogP contribution is -2.32. The summed E-state index contributed by atoms with van der Waals surface area (Å²) in [6, 6.07) is 0. The number of nitrogens with two attached hydrogens (primary N) is 1. The highest BCUT2D eigenvalue weighted by atomic mass is 16.2. The second-order valence-electron chi connectivity index (χ2n) is 4.22. The summed E-state index contributed by atoms with van der Waals surface area (Å²) >= 11 is 0. The van der Waals surface area contributed by atoms with Crippen molar-refractivity contribution >= 4 is 5.91 Å². The molecule has 1 saturated heterocycles. The SMILES string of the molecule is C[C@@H](CCCCN)C(=O)N1CCCC1. The average Bonchev–Trinajstić information content (AvgIpc) is 2.69. The summed E-state index contributed by atoms with van der Waals surface area (Å²) in [5.41, 5.74) is 5.42. The van der Waals surface area contributed by atoms with Crippen LogP contribution in [0.15, 0.2) is 0 Å². The third-order valence-electron chi connectivity index (χ3n) is 2.93. The van der Waals surface area contributed by atoms with Gasteiger partial charge in [-0.3, -0.25) is 4.79 Å². The van der Waals surface area contributed by atoms with E-state index in [0.717, 1.165) is 38.9 Å². The topological polar surface area (TPSA) is 46.3 Å². The van der Waals surface area contributed by atoms with Crippen molar-refractivity contribution in [1.29, 1.82) is 0 Å². The maximum Gasteiger partial charge on any atom is 0.225 e. The number of carbonyl (C=O) groups excluding carboxylic acids is 1. The molecule has 3 nitrogen and oxygen atoms in total. The third kappa shape index (κ3) is 3.29. The summed E-state index contributed by atoms with van der Waals surface area (Å²) < 4.78 is 0. The lowest BCUT2D eigenvalue weighted by Gasteiger charge is -2.20. The molecular weight excluding hydrogens is 176 g/mol. The summed E-state index contributed by atoms with van der Waals surface area (Å²) in [6.07, 6.45) is 5.48. The Kier molecular flexibility index (Phi) is 4.94. The summed E-state index contributed by atoms with van der Waals surface area (Å²) in [7, 11) is 0. The number of hydrogen-bond donors (Lipinski definition) is 1. The molecule has 1 aliphatic heterocycles. The number of nitrogens with zero attached hydrogens (tertiary/aromatic N) is 1. The van der Waals surface area contributed by atoms with Crippen LogP contribution < -0.4 is 5.73 Å². The smallest absolute Gasteiger partial charge is 0.225 e. The van der Waals surface area contributed by atoms with Gasteiger partial charge in [0.05, 0.1) is 0 Å². The van der Waals surface area contributed by atoms with Gasteiger partial charge in [0.2, 0.25) is 5.91 Å². The number of amides is 1. The van der Waals surface area contributed by atoms with Crippen molar-refractivity contribution in [3.05, 3.63) is 0 Å². The van der Waals surface area contributed by atoms with Gasteiger partial charge in [-0.15, -0.1) is 0 Å². The molecule has 0 unspecified atom stereocenters. The van der Waals surface area contributed by atoms with Crippen molar-refractivity contribution in [2.24, 2.45) is 11.7 Å². The van der Waals surface area contributed by atoms with Crippen LogP contribution in [0.25, 0.3) is 0 Å². The Labute approximate surface area is 86.6 Å². The molecule has 3 heteroatoms. The van der Waals surface area contributed by atoms with Crippen LogP contribution in [0.5, 0.6) is 0 Å². The van der Waals surface area contributed by atoms with Crippen LogP contribution in [0.2, 0.25) is 0 Å². The number of likely N-dealkylation sites (tertiary alicyclic amines) is 1. The molecule has 2 N–H and O–H groups in total. The van der Waals surface area contributed by atoms with E-state index >= 15 is 0 Å². The molecule has 0 spiro atoms. The Hall–Kier alpha value is -0.570. The molecule has 1 rings (SSSR count). The van der Waals surface area contributed by atoms with E-state index in [2.05, 4.69) is 0 Å². The van der Waals surface area contributed by atoms with E-state index in [9.17, 15) is 4.79 Å². The molecule has 0 radical (unpaired) electrons. The van der Waals surface area contributed by atoms with Crippen LogP contribution in [0.4, 0.5) is 0 Å². The zero-order chi connectivity index (χ0) is 10.4. The second-order valence-corrected chi connectivity index (χ2v) is 4.22. The molecule has 1 amide bonds. The predicted octanol–water partition coefficient (Wildman–Crippen LogP) is 1.37. The molecular formula is C11H22N2O.